The van der Waals surface area contributed by atoms with Crippen LogP contribution in [0.3, 0.4) is 0 Å². The van der Waals surface area contributed by atoms with E-state index >= 15 is 0 Å². The molecule has 1 aromatic rings. The number of nitrogens with two attached hydrogens (primary N) is 1. The van der Waals surface area contributed by atoms with Gasteiger partial charge in [-0.1, -0.05) is 12.1 Å². The van der Waals surface area contributed by atoms with Crippen molar-refractivity contribution < 1.29 is 17.6 Å². The number of halogens is 4. The van der Waals surface area contributed by atoms with E-state index in [0.29, 0.717) is 6.07 Å². The van der Waals surface area contributed by atoms with Gasteiger partial charge in [0.2, 0.25) is 0 Å². The van der Waals surface area contributed by atoms with Crippen LogP contribution in [0.1, 0.15) is 17.2 Å². The molecule has 0 aliphatic carbocycles. The van der Waals surface area contributed by atoms with Crippen molar-refractivity contribution in [3.63, 3.8) is 0 Å². The summed E-state index contributed by atoms with van der Waals surface area (Å²) in [4.78, 5) is 0. The fourth-order valence-corrected chi connectivity index (χ4v) is 1.10. The van der Waals surface area contributed by atoms with Crippen LogP contribution in [0, 0.1) is 5.82 Å². The fraction of sp³-hybridized carbons (Fsp3) is 0.200. The monoisotopic (exact) mass is 219 g/mol. The Labute approximate surface area is 84.2 Å². The summed E-state index contributed by atoms with van der Waals surface area (Å²) in [6.45, 7) is 3.37. The van der Waals surface area contributed by atoms with Crippen LogP contribution in [0.4, 0.5) is 17.6 Å². The lowest BCUT2D eigenvalue weighted by atomic mass is 10.0. The summed E-state index contributed by atoms with van der Waals surface area (Å²) in [5.41, 5.74) is 4.43. The second-order valence-corrected chi connectivity index (χ2v) is 3.00. The van der Waals surface area contributed by atoms with Gasteiger partial charge in [0.1, 0.15) is 5.82 Å². The van der Waals surface area contributed by atoms with Gasteiger partial charge in [-0.3, -0.25) is 0 Å². The van der Waals surface area contributed by atoms with Gasteiger partial charge >= 0.3 is 6.18 Å². The molecule has 0 saturated heterocycles. The molecule has 0 heterocycles. The Bertz CT molecular complexity index is 370. The van der Waals surface area contributed by atoms with Gasteiger partial charge in [-0.25, -0.2) is 4.39 Å². The lowest BCUT2D eigenvalue weighted by molar-refractivity contribution is -0.140. The van der Waals surface area contributed by atoms with E-state index in [2.05, 4.69) is 6.58 Å². The van der Waals surface area contributed by atoms with Gasteiger partial charge in [-0.15, -0.1) is 6.58 Å². The topological polar surface area (TPSA) is 26.0 Å². The van der Waals surface area contributed by atoms with Gasteiger partial charge < -0.3 is 5.73 Å². The fourth-order valence-electron chi connectivity index (χ4n) is 1.10. The molecule has 0 radical (unpaired) electrons. The van der Waals surface area contributed by atoms with Crippen LogP contribution in [0.5, 0.6) is 0 Å². The van der Waals surface area contributed by atoms with E-state index in [1.54, 1.807) is 0 Å². The van der Waals surface area contributed by atoms with Gasteiger partial charge in [0.15, 0.2) is 0 Å². The summed E-state index contributed by atoms with van der Waals surface area (Å²) in [6, 6.07) is 1.92. The van der Waals surface area contributed by atoms with Crippen LogP contribution < -0.4 is 5.73 Å². The third-order valence-electron chi connectivity index (χ3n) is 1.94. The molecule has 2 N–H and O–H groups in total. The number of hydrogen-bond acceptors (Lipinski definition) is 1. The maximum atomic E-state index is 13.0. The lowest BCUT2D eigenvalue weighted by Gasteiger charge is -2.11. The molecule has 1 atom stereocenters. The third kappa shape index (κ3) is 2.56. The van der Waals surface area contributed by atoms with Crippen LogP contribution in [0.15, 0.2) is 30.9 Å². The molecule has 0 aromatic heterocycles. The summed E-state index contributed by atoms with van der Waals surface area (Å²) < 4.78 is 49.5. The number of benzene rings is 1. The molecule has 0 saturated carbocycles. The zero-order valence-electron chi connectivity index (χ0n) is 7.68. The van der Waals surface area contributed by atoms with Crippen molar-refractivity contribution in [3.8, 4) is 0 Å². The Morgan fingerprint density at radius 1 is 1.33 bits per heavy atom. The van der Waals surface area contributed by atoms with E-state index in [0.717, 1.165) is 12.1 Å². The zero-order chi connectivity index (χ0) is 11.6. The molecule has 15 heavy (non-hydrogen) atoms. The highest BCUT2D eigenvalue weighted by Crippen LogP contribution is 2.32. The molecular formula is C10H9F4N. The Kier molecular flexibility index (Phi) is 3.14. The molecule has 0 bridgehead atoms. The second-order valence-electron chi connectivity index (χ2n) is 3.00. The molecule has 1 nitrogen and oxygen atoms in total. The molecule has 0 spiro atoms. The standard InChI is InChI=1S/C10H9F4N/c1-2-9(15)6-3-4-7(8(11)5-6)10(12,13)14/h2-5,9H,1,15H2/t9-/m0/s1. The molecule has 0 aliphatic rings. The Morgan fingerprint density at radius 2 is 1.93 bits per heavy atom. The van der Waals surface area contributed by atoms with Crippen molar-refractivity contribution in [1.82, 2.24) is 0 Å². The van der Waals surface area contributed by atoms with E-state index in [4.69, 9.17) is 5.73 Å². The maximum Gasteiger partial charge on any atom is 0.419 e. The molecule has 0 unspecified atom stereocenters. The zero-order valence-corrected chi connectivity index (χ0v) is 7.68. The molecule has 0 fully saturated rings. The van der Waals surface area contributed by atoms with Crippen molar-refractivity contribution in [1.29, 1.82) is 0 Å². The number of alkyl halides is 3. The normalized spacial score (nSPS) is 13.7. The summed E-state index contributed by atoms with van der Waals surface area (Å²) in [5.74, 6) is -1.32. The molecule has 0 aliphatic heterocycles. The molecular weight excluding hydrogens is 210 g/mol. The van der Waals surface area contributed by atoms with Crippen molar-refractivity contribution in [2.75, 3.05) is 0 Å². The minimum atomic E-state index is -4.68. The predicted molar refractivity (Wildman–Crippen MR) is 48.5 cm³/mol. The quantitative estimate of drug-likeness (QED) is 0.600. The maximum absolute atomic E-state index is 13.0. The Morgan fingerprint density at radius 3 is 2.33 bits per heavy atom. The van der Waals surface area contributed by atoms with Crippen molar-refractivity contribution in [2.45, 2.75) is 12.2 Å². The average molecular weight is 219 g/mol. The first-order valence-corrected chi connectivity index (χ1v) is 4.11. The first kappa shape index (κ1) is 11.7. The minimum absolute atomic E-state index is 0.260. The molecule has 5 heteroatoms. The van der Waals surface area contributed by atoms with Gasteiger partial charge in [-0.2, -0.15) is 13.2 Å². The van der Waals surface area contributed by atoms with E-state index in [-0.39, 0.29) is 5.56 Å². The first-order chi connectivity index (χ1) is 6.86. The van der Waals surface area contributed by atoms with Gasteiger partial charge in [0.05, 0.1) is 5.56 Å². The van der Waals surface area contributed by atoms with E-state index in [9.17, 15) is 17.6 Å². The van der Waals surface area contributed by atoms with Gasteiger partial charge in [0, 0.05) is 6.04 Å². The summed E-state index contributed by atoms with van der Waals surface area (Å²) in [5, 5.41) is 0. The number of rotatable bonds is 2. The van der Waals surface area contributed by atoms with Crippen molar-refractivity contribution in [3.05, 3.63) is 47.8 Å². The highest BCUT2D eigenvalue weighted by molar-refractivity contribution is 5.29. The number of hydrogen-bond donors (Lipinski definition) is 1. The van der Waals surface area contributed by atoms with E-state index < -0.39 is 23.6 Å². The van der Waals surface area contributed by atoms with Crippen LogP contribution in [0.25, 0.3) is 0 Å². The predicted octanol–water partition coefficient (Wildman–Crippen LogP) is 3.03. The second kappa shape index (κ2) is 4.02. The average Bonchev–Trinajstić information content (AvgIpc) is 2.14. The molecule has 1 rings (SSSR count). The minimum Gasteiger partial charge on any atom is -0.321 e. The van der Waals surface area contributed by atoms with Crippen molar-refractivity contribution in [2.24, 2.45) is 5.73 Å². The smallest absolute Gasteiger partial charge is 0.321 e. The summed E-state index contributed by atoms with van der Waals surface area (Å²) >= 11 is 0. The third-order valence-corrected chi connectivity index (χ3v) is 1.94. The largest absolute Gasteiger partial charge is 0.419 e. The van der Waals surface area contributed by atoms with Crippen molar-refractivity contribution >= 4 is 0 Å². The van der Waals surface area contributed by atoms with Gasteiger partial charge in [-0.05, 0) is 17.7 Å². The molecule has 82 valence electrons. The Hall–Kier alpha value is -1.36. The highest BCUT2D eigenvalue weighted by atomic mass is 19.4. The van der Waals surface area contributed by atoms with Crippen LogP contribution in [0.2, 0.25) is 0 Å². The SMILES string of the molecule is C=C[C@H](N)c1ccc(C(F)(F)F)c(F)c1. The lowest BCUT2D eigenvalue weighted by Crippen LogP contribution is -2.11. The summed E-state index contributed by atoms with van der Waals surface area (Å²) in [6.07, 6.45) is -3.36. The van der Waals surface area contributed by atoms with Crippen LogP contribution in [-0.2, 0) is 6.18 Å². The Balaban J connectivity index is 3.14. The van der Waals surface area contributed by atoms with Crippen LogP contribution >= 0.6 is 0 Å². The molecule has 0 amide bonds. The van der Waals surface area contributed by atoms with Crippen LogP contribution in [-0.4, -0.2) is 0 Å². The van der Waals surface area contributed by atoms with Gasteiger partial charge in [0.25, 0.3) is 0 Å². The molecule has 1 aromatic carbocycles. The summed E-state index contributed by atoms with van der Waals surface area (Å²) in [7, 11) is 0. The van der Waals surface area contributed by atoms with E-state index in [1.165, 1.54) is 6.08 Å². The van der Waals surface area contributed by atoms with E-state index in [1.807, 2.05) is 0 Å². The first-order valence-electron chi connectivity index (χ1n) is 4.11. The highest BCUT2D eigenvalue weighted by Gasteiger charge is 2.33.